The molecular formula is C28H33N5O5. The molecule has 2 saturated heterocycles. The molecule has 0 aliphatic carbocycles. The van der Waals surface area contributed by atoms with Gasteiger partial charge in [-0.1, -0.05) is 19.1 Å². The smallest absolute Gasteiger partial charge is 0.415 e. The van der Waals surface area contributed by atoms with Gasteiger partial charge in [0, 0.05) is 17.1 Å². The van der Waals surface area contributed by atoms with E-state index in [1.807, 2.05) is 32.9 Å². The van der Waals surface area contributed by atoms with E-state index in [4.69, 9.17) is 14.2 Å². The molecule has 2 fully saturated rings. The minimum absolute atomic E-state index is 0.267. The van der Waals surface area contributed by atoms with E-state index in [0.717, 1.165) is 23.1 Å². The van der Waals surface area contributed by atoms with Gasteiger partial charge in [-0.05, 0) is 57.4 Å². The first-order valence-corrected chi connectivity index (χ1v) is 12.7. The molecule has 2 amide bonds. The zero-order valence-electron chi connectivity index (χ0n) is 22.6. The van der Waals surface area contributed by atoms with Crippen LogP contribution in [0, 0.1) is 6.92 Å². The number of amides is 2. The number of anilines is 3. The third-order valence-electron chi connectivity index (χ3n) is 6.76. The van der Waals surface area contributed by atoms with E-state index in [1.54, 1.807) is 23.0 Å². The molecule has 1 aromatic heterocycles. The summed E-state index contributed by atoms with van der Waals surface area (Å²) in [6.07, 6.45) is 1.54. The van der Waals surface area contributed by atoms with Crippen molar-refractivity contribution in [3.05, 3.63) is 47.8 Å². The summed E-state index contributed by atoms with van der Waals surface area (Å²) in [4.78, 5) is 37.5. The van der Waals surface area contributed by atoms with Crippen LogP contribution in [0.2, 0.25) is 0 Å². The first-order valence-electron chi connectivity index (χ1n) is 12.7. The van der Waals surface area contributed by atoms with E-state index in [2.05, 4.69) is 41.3 Å². The van der Waals surface area contributed by atoms with Crippen LogP contribution < -0.4 is 15.0 Å². The highest BCUT2D eigenvalue weighted by Gasteiger charge is 2.56. The van der Waals surface area contributed by atoms with Crippen molar-refractivity contribution in [1.29, 1.82) is 0 Å². The van der Waals surface area contributed by atoms with Gasteiger partial charge in [0.05, 0.1) is 37.9 Å². The van der Waals surface area contributed by atoms with Gasteiger partial charge in [-0.2, -0.15) is 0 Å². The minimum atomic E-state index is -0.791. The predicted molar refractivity (Wildman–Crippen MR) is 144 cm³/mol. The van der Waals surface area contributed by atoms with Crippen LogP contribution in [0.3, 0.4) is 0 Å². The van der Waals surface area contributed by atoms with Crippen molar-refractivity contribution in [1.82, 2.24) is 14.9 Å². The summed E-state index contributed by atoms with van der Waals surface area (Å²) >= 11 is 0. The van der Waals surface area contributed by atoms with Crippen LogP contribution in [0.4, 0.5) is 26.8 Å². The van der Waals surface area contributed by atoms with Gasteiger partial charge in [0.15, 0.2) is 5.60 Å². The van der Waals surface area contributed by atoms with E-state index < -0.39 is 23.4 Å². The van der Waals surface area contributed by atoms with Crippen molar-refractivity contribution in [3.8, 4) is 5.75 Å². The number of aryl methyl sites for hydroxylation is 2. The summed E-state index contributed by atoms with van der Waals surface area (Å²) < 4.78 is 16.9. The Morgan fingerprint density at radius 2 is 1.92 bits per heavy atom. The Morgan fingerprint density at radius 3 is 2.58 bits per heavy atom. The highest BCUT2D eigenvalue weighted by atomic mass is 16.6. The summed E-state index contributed by atoms with van der Waals surface area (Å²) in [5, 5.41) is 4.16. The van der Waals surface area contributed by atoms with Crippen LogP contribution >= 0.6 is 0 Å². The molecule has 3 heterocycles. The van der Waals surface area contributed by atoms with Gasteiger partial charge in [-0.25, -0.2) is 19.6 Å². The summed E-state index contributed by atoms with van der Waals surface area (Å²) in [7, 11) is 1.55. The maximum atomic E-state index is 13.0. The van der Waals surface area contributed by atoms with E-state index in [0.29, 0.717) is 22.8 Å². The zero-order chi connectivity index (χ0) is 27.2. The van der Waals surface area contributed by atoms with Crippen molar-refractivity contribution >= 4 is 40.3 Å². The lowest BCUT2D eigenvalue weighted by Gasteiger charge is -2.45. The Labute approximate surface area is 221 Å². The lowest BCUT2D eigenvalue weighted by atomic mass is 9.94. The molecular weight excluding hydrogens is 486 g/mol. The molecule has 0 unspecified atom stereocenters. The zero-order valence-corrected chi connectivity index (χ0v) is 22.6. The van der Waals surface area contributed by atoms with Crippen LogP contribution in [0.1, 0.15) is 38.8 Å². The quantitative estimate of drug-likeness (QED) is 0.490. The van der Waals surface area contributed by atoms with Crippen LogP contribution in [0.5, 0.6) is 5.75 Å². The Hall–Kier alpha value is -4.08. The molecule has 0 atom stereocenters. The molecule has 2 aromatic carbocycles. The van der Waals surface area contributed by atoms with Crippen molar-refractivity contribution < 1.29 is 23.8 Å². The second kappa shape index (κ2) is 9.34. The fourth-order valence-electron chi connectivity index (χ4n) is 4.84. The van der Waals surface area contributed by atoms with Crippen molar-refractivity contribution in [2.24, 2.45) is 0 Å². The van der Waals surface area contributed by atoms with Gasteiger partial charge < -0.3 is 19.5 Å². The third kappa shape index (κ3) is 4.78. The number of fused-ring (bicyclic) bond motifs is 1. The number of carbonyl (C=O) groups excluding carboxylic acids is 2. The molecule has 10 nitrogen and oxygen atoms in total. The van der Waals surface area contributed by atoms with Gasteiger partial charge in [0.2, 0.25) is 0 Å². The molecule has 0 saturated carbocycles. The van der Waals surface area contributed by atoms with Gasteiger partial charge in [-0.3, -0.25) is 9.80 Å². The molecule has 200 valence electrons. The van der Waals surface area contributed by atoms with Crippen molar-refractivity contribution in [3.63, 3.8) is 0 Å². The third-order valence-corrected chi connectivity index (χ3v) is 6.76. The molecule has 5 rings (SSSR count). The minimum Gasteiger partial charge on any atom is -0.494 e. The maximum absolute atomic E-state index is 13.0. The topological polar surface area (TPSA) is 106 Å². The molecule has 10 heteroatoms. The highest BCUT2D eigenvalue weighted by molar-refractivity contribution is 6.00. The molecule has 2 aliphatic heterocycles. The maximum Gasteiger partial charge on any atom is 0.415 e. The number of benzene rings is 2. The van der Waals surface area contributed by atoms with E-state index in [9.17, 15) is 9.59 Å². The second-order valence-electron chi connectivity index (χ2n) is 10.9. The van der Waals surface area contributed by atoms with Crippen molar-refractivity contribution in [2.75, 3.05) is 37.0 Å². The van der Waals surface area contributed by atoms with Gasteiger partial charge in [-0.15, -0.1) is 0 Å². The Morgan fingerprint density at radius 1 is 1.16 bits per heavy atom. The molecule has 38 heavy (non-hydrogen) atoms. The number of hydrogen-bond donors (Lipinski definition) is 1. The average molecular weight is 520 g/mol. The first-order chi connectivity index (χ1) is 18.0. The average Bonchev–Trinajstić information content (AvgIpc) is 3.20. The fraction of sp³-hybridized carbons (Fsp3) is 0.429. The highest BCUT2D eigenvalue weighted by Crippen LogP contribution is 2.41. The SMILES string of the molecule is CCc1ccc(Nc2ncnc3cc(OC)c(N4CC5(CN(C(=O)OC(C)(C)C)C5)OC4=O)cc23)c(C)c1. The molecule has 1 N–H and O–H groups in total. The van der Waals surface area contributed by atoms with Gasteiger partial charge in [0.1, 0.15) is 23.5 Å². The van der Waals surface area contributed by atoms with E-state index in [1.165, 1.54) is 11.9 Å². The summed E-state index contributed by atoms with van der Waals surface area (Å²) in [6.45, 7) is 10.4. The van der Waals surface area contributed by atoms with E-state index in [-0.39, 0.29) is 19.6 Å². The number of nitrogens with zero attached hydrogens (tertiary/aromatic N) is 4. The number of rotatable bonds is 5. The summed E-state index contributed by atoms with van der Waals surface area (Å²) in [5.41, 5.74) is 3.14. The fourth-order valence-corrected chi connectivity index (χ4v) is 4.84. The second-order valence-corrected chi connectivity index (χ2v) is 10.9. The number of carbonyl (C=O) groups is 2. The normalized spacial score (nSPS) is 16.4. The van der Waals surface area contributed by atoms with Crippen LogP contribution in [0.15, 0.2) is 36.7 Å². The summed E-state index contributed by atoms with van der Waals surface area (Å²) in [6, 6.07) is 9.92. The van der Waals surface area contributed by atoms with Crippen LogP contribution in [-0.4, -0.2) is 65.0 Å². The van der Waals surface area contributed by atoms with Crippen molar-refractivity contribution in [2.45, 2.75) is 52.2 Å². The molecule has 0 bridgehead atoms. The molecule has 3 aromatic rings. The molecule has 0 radical (unpaired) electrons. The van der Waals surface area contributed by atoms with Gasteiger partial charge >= 0.3 is 12.2 Å². The number of methoxy groups -OCH3 is 1. The number of aromatic nitrogens is 2. The number of hydrogen-bond acceptors (Lipinski definition) is 8. The number of ether oxygens (including phenoxy) is 3. The first kappa shape index (κ1) is 25.6. The Bertz CT molecular complexity index is 1410. The number of likely N-dealkylation sites (tertiary alicyclic amines) is 1. The lowest BCUT2D eigenvalue weighted by Crippen LogP contribution is -2.66. The van der Waals surface area contributed by atoms with Crippen LogP contribution in [-0.2, 0) is 15.9 Å². The number of nitrogens with one attached hydrogen (secondary N) is 1. The lowest BCUT2D eigenvalue weighted by molar-refractivity contribution is -0.0779. The summed E-state index contributed by atoms with van der Waals surface area (Å²) in [5.74, 6) is 1.11. The Balaban J connectivity index is 1.42. The molecule has 1 spiro atoms. The largest absolute Gasteiger partial charge is 0.494 e. The monoisotopic (exact) mass is 519 g/mol. The Kier molecular flexibility index (Phi) is 6.28. The predicted octanol–water partition coefficient (Wildman–Crippen LogP) is 5.20. The van der Waals surface area contributed by atoms with Gasteiger partial charge in [0.25, 0.3) is 0 Å². The molecule has 2 aliphatic rings. The standard InChI is InChI=1S/C28H33N5O5/c1-7-18-8-9-20(17(2)10-18)31-24-19-11-22(23(36-6)12-21(19)29-16-30-24)33-15-28(38-26(33)35)13-32(14-28)25(34)37-27(3,4)5/h8-12,16H,7,13-15H2,1-6H3,(H,29,30,31). The van der Waals surface area contributed by atoms with E-state index >= 15 is 0 Å². The van der Waals surface area contributed by atoms with Crippen LogP contribution in [0.25, 0.3) is 10.9 Å².